The highest BCUT2D eigenvalue weighted by Crippen LogP contribution is 2.37. The Kier molecular flexibility index (Phi) is 5.40. The molecule has 1 fully saturated rings. The number of benzene rings is 1. The van der Waals surface area contributed by atoms with Gasteiger partial charge in [0.1, 0.15) is 17.6 Å². The Morgan fingerprint density at radius 2 is 1.89 bits per heavy atom. The van der Waals surface area contributed by atoms with Gasteiger partial charge in [-0.1, -0.05) is 12.1 Å². The number of carbonyl (C=O) groups is 1. The highest BCUT2D eigenvalue weighted by molar-refractivity contribution is 5.95. The predicted molar refractivity (Wildman–Crippen MR) is 92.1 cm³/mol. The molecule has 28 heavy (non-hydrogen) atoms. The molecule has 9 heteroatoms. The molecule has 0 spiro atoms. The van der Waals surface area contributed by atoms with Crippen LogP contribution in [0.15, 0.2) is 34.7 Å². The fourth-order valence-corrected chi connectivity index (χ4v) is 3.53. The molecular weight excluding hydrogens is 379 g/mol. The quantitative estimate of drug-likeness (QED) is 0.735. The van der Waals surface area contributed by atoms with Crippen molar-refractivity contribution in [2.45, 2.75) is 43.7 Å². The standard InChI is InChI=1S/C19H20F3NO5/c1-9-7-13(17(28-9)19(20,21)22)18(26)23-15-12(8-14(24)16(15)25)10-3-5-11(27-2)6-4-10/h3-7,12,14-16,24-25H,8H2,1-2H3,(H,23,26). The molecule has 152 valence electrons. The fourth-order valence-electron chi connectivity index (χ4n) is 3.53. The van der Waals surface area contributed by atoms with Crippen molar-refractivity contribution in [2.24, 2.45) is 0 Å². The van der Waals surface area contributed by atoms with E-state index in [-0.39, 0.29) is 12.2 Å². The van der Waals surface area contributed by atoms with Crippen molar-refractivity contribution in [2.75, 3.05) is 7.11 Å². The molecule has 1 heterocycles. The normalized spacial score (nSPS) is 25.0. The highest BCUT2D eigenvalue weighted by Gasteiger charge is 2.45. The zero-order valence-electron chi connectivity index (χ0n) is 15.2. The summed E-state index contributed by atoms with van der Waals surface area (Å²) in [6, 6.07) is 6.84. The molecule has 4 unspecified atom stereocenters. The molecule has 3 rings (SSSR count). The molecule has 6 nitrogen and oxygen atoms in total. The zero-order chi connectivity index (χ0) is 20.6. The van der Waals surface area contributed by atoms with Crippen LogP contribution in [0, 0.1) is 6.92 Å². The minimum absolute atomic E-state index is 0.0591. The van der Waals surface area contributed by atoms with Crippen molar-refractivity contribution in [3.05, 3.63) is 53.0 Å². The van der Waals surface area contributed by atoms with Crippen LogP contribution < -0.4 is 10.1 Å². The monoisotopic (exact) mass is 399 g/mol. The maximum atomic E-state index is 13.1. The third-order valence-corrected chi connectivity index (χ3v) is 4.89. The van der Waals surface area contributed by atoms with E-state index in [1.54, 1.807) is 24.3 Å². The fraction of sp³-hybridized carbons (Fsp3) is 0.421. The van der Waals surface area contributed by atoms with Crippen molar-refractivity contribution in [3.8, 4) is 5.75 Å². The summed E-state index contributed by atoms with van der Waals surface area (Å²) in [6.45, 7) is 1.31. The lowest BCUT2D eigenvalue weighted by molar-refractivity contribution is -0.153. The minimum Gasteiger partial charge on any atom is -0.497 e. The molecule has 1 aliphatic rings. The Bertz CT molecular complexity index is 846. The Hall–Kier alpha value is -2.52. The third-order valence-electron chi connectivity index (χ3n) is 4.89. The van der Waals surface area contributed by atoms with E-state index in [1.165, 1.54) is 14.0 Å². The number of aryl methyl sites for hydroxylation is 1. The number of ether oxygens (including phenoxy) is 1. The molecule has 3 N–H and O–H groups in total. The van der Waals surface area contributed by atoms with Crippen molar-refractivity contribution < 1.29 is 37.3 Å². The summed E-state index contributed by atoms with van der Waals surface area (Å²) in [6.07, 6.45) is -7.12. The first-order valence-electron chi connectivity index (χ1n) is 8.60. The van der Waals surface area contributed by atoms with Crippen LogP contribution >= 0.6 is 0 Å². The van der Waals surface area contributed by atoms with Gasteiger partial charge in [0.15, 0.2) is 0 Å². The summed E-state index contributed by atoms with van der Waals surface area (Å²) < 4.78 is 49.1. The molecule has 1 aliphatic carbocycles. The predicted octanol–water partition coefficient (Wildman–Crippen LogP) is 2.62. The van der Waals surface area contributed by atoms with E-state index < -0.39 is 47.6 Å². The lowest BCUT2D eigenvalue weighted by Gasteiger charge is -2.24. The van der Waals surface area contributed by atoms with Gasteiger partial charge in [0, 0.05) is 5.92 Å². The summed E-state index contributed by atoms with van der Waals surface area (Å²) in [5.41, 5.74) is 0.0492. The van der Waals surface area contributed by atoms with Crippen LogP contribution in [0.5, 0.6) is 5.75 Å². The molecule has 0 saturated heterocycles. The van der Waals surface area contributed by atoms with Crippen LogP contribution in [-0.4, -0.2) is 41.5 Å². The number of hydrogen-bond acceptors (Lipinski definition) is 5. The summed E-state index contributed by atoms with van der Waals surface area (Å²) in [5, 5.41) is 22.8. The summed E-state index contributed by atoms with van der Waals surface area (Å²) in [7, 11) is 1.51. The summed E-state index contributed by atoms with van der Waals surface area (Å²) in [5.74, 6) is -2.36. The average Bonchev–Trinajstić information content (AvgIpc) is 3.17. The number of methoxy groups -OCH3 is 1. The van der Waals surface area contributed by atoms with Gasteiger partial charge in [-0.2, -0.15) is 13.2 Å². The van der Waals surface area contributed by atoms with E-state index in [1.807, 2.05) is 0 Å². The summed E-state index contributed by atoms with van der Waals surface area (Å²) >= 11 is 0. The van der Waals surface area contributed by atoms with Gasteiger partial charge in [-0.15, -0.1) is 0 Å². The maximum Gasteiger partial charge on any atom is 0.450 e. The van der Waals surface area contributed by atoms with Gasteiger partial charge in [0.25, 0.3) is 5.91 Å². The lowest BCUT2D eigenvalue weighted by atomic mass is 9.93. The Morgan fingerprint density at radius 3 is 2.46 bits per heavy atom. The molecular formula is C19H20F3NO5. The van der Waals surface area contributed by atoms with E-state index in [0.29, 0.717) is 11.3 Å². The number of aliphatic hydroxyl groups excluding tert-OH is 2. The second-order valence-corrected chi connectivity index (χ2v) is 6.77. The van der Waals surface area contributed by atoms with Crippen LogP contribution in [0.4, 0.5) is 13.2 Å². The van der Waals surface area contributed by atoms with Gasteiger partial charge in [-0.05, 0) is 37.1 Å². The van der Waals surface area contributed by atoms with Crippen LogP contribution in [0.2, 0.25) is 0 Å². The molecule has 1 saturated carbocycles. The van der Waals surface area contributed by atoms with Gasteiger partial charge in [-0.3, -0.25) is 4.79 Å². The zero-order valence-corrected chi connectivity index (χ0v) is 15.2. The number of halogens is 3. The largest absolute Gasteiger partial charge is 0.497 e. The second-order valence-electron chi connectivity index (χ2n) is 6.77. The number of alkyl halides is 3. The Balaban J connectivity index is 1.87. The van der Waals surface area contributed by atoms with Gasteiger partial charge in [0.2, 0.25) is 5.76 Å². The van der Waals surface area contributed by atoms with Gasteiger partial charge < -0.3 is 24.7 Å². The first-order valence-corrected chi connectivity index (χ1v) is 8.60. The first kappa shape index (κ1) is 20.2. The topological polar surface area (TPSA) is 91.9 Å². The van der Waals surface area contributed by atoms with Crippen LogP contribution in [0.1, 0.15) is 39.8 Å². The molecule has 1 amide bonds. The smallest absolute Gasteiger partial charge is 0.450 e. The Labute approximate surface area is 158 Å². The number of aliphatic hydroxyl groups is 2. The van der Waals surface area contributed by atoms with Crippen molar-refractivity contribution in [1.29, 1.82) is 0 Å². The number of amides is 1. The molecule has 1 aromatic heterocycles. The van der Waals surface area contributed by atoms with E-state index in [2.05, 4.69) is 9.73 Å². The first-order chi connectivity index (χ1) is 13.1. The second kappa shape index (κ2) is 7.48. The maximum absolute atomic E-state index is 13.1. The molecule has 4 atom stereocenters. The third kappa shape index (κ3) is 3.85. The van der Waals surface area contributed by atoms with E-state index in [0.717, 1.165) is 6.07 Å². The van der Waals surface area contributed by atoms with Crippen LogP contribution in [0.3, 0.4) is 0 Å². The van der Waals surface area contributed by atoms with E-state index in [4.69, 9.17) is 4.74 Å². The van der Waals surface area contributed by atoms with Gasteiger partial charge >= 0.3 is 6.18 Å². The number of hydrogen-bond donors (Lipinski definition) is 3. The average molecular weight is 399 g/mol. The molecule has 2 aromatic rings. The van der Waals surface area contributed by atoms with Crippen molar-refractivity contribution >= 4 is 5.91 Å². The number of carbonyl (C=O) groups excluding carboxylic acids is 1. The molecule has 0 bridgehead atoms. The SMILES string of the molecule is COc1ccc(C2CC(O)C(O)C2NC(=O)c2cc(C)oc2C(F)(F)F)cc1. The van der Waals surface area contributed by atoms with E-state index in [9.17, 15) is 28.2 Å². The van der Waals surface area contributed by atoms with Gasteiger partial charge in [-0.25, -0.2) is 0 Å². The summed E-state index contributed by atoms with van der Waals surface area (Å²) in [4.78, 5) is 12.5. The molecule has 1 aromatic carbocycles. The molecule has 0 aliphatic heterocycles. The minimum atomic E-state index is -4.83. The number of nitrogens with one attached hydrogen (secondary N) is 1. The van der Waals surface area contributed by atoms with Crippen LogP contribution in [0.25, 0.3) is 0 Å². The number of rotatable bonds is 4. The Morgan fingerprint density at radius 1 is 1.25 bits per heavy atom. The van der Waals surface area contributed by atoms with Crippen LogP contribution in [-0.2, 0) is 6.18 Å². The highest BCUT2D eigenvalue weighted by atomic mass is 19.4. The van der Waals surface area contributed by atoms with E-state index >= 15 is 0 Å². The number of furan rings is 1. The molecule has 0 radical (unpaired) electrons. The van der Waals surface area contributed by atoms with Crippen molar-refractivity contribution in [3.63, 3.8) is 0 Å². The van der Waals surface area contributed by atoms with Crippen molar-refractivity contribution in [1.82, 2.24) is 5.32 Å². The van der Waals surface area contributed by atoms with Gasteiger partial charge in [0.05, 0.1) is 24.8 Å². The lowest BCUT2D eigenvalue weighted by Crippen LogP contribution is -2.45.